The van der Waals surface area contributed by atoms with Crippen LogP contribution in [0.3, 0.4) is 0 Å². The monoisotopic (exact) mass is 224 g/mol. The minimum absolute atomic E-state index is 0.0829. The number of aryl methyl sites for hydroxylation is 1. The number of ether oxygens (including phenoxy) is 1. The van der Waals surface area contributed by atoms with Gasteiger partial charge in [-0.15, -0.1) is 0 Å². The minimum Gasteiger partial charge on any atom is -0.504 e. The number of hydrogen-bond acceptors (Lipinski definition) is 3. The quantitative estimate of drug-likeness (QED) is 0.826. The van der Waals surface area contributed by atoms with Gasteiger partial charge in [-0.2, -0.15) is 0 Å². The van der Waals surface area contributed by atoms with E-state index in [1.54, 1.807) is 19.9 Å². The number of benzene rings is 1. The zero-order valence-electron chi connectivity index (χ0n) is 9.87. The number of rotatable bonds is 3. The lowest BCUT2D eigenvalue weighted by Crippen LogP contribution is -2.10. The van der Waals surface area contributed by atoms with Crippen molar-refractivity contribution in [3.63, 3.8) is 0 Å². The third-order valence-electron chi connectivity index (χ3n) is 2.85. The highest BCUT2D eigenvalue weighted by Crippen LogP contribution is 2.38. The van der Waals surface area contributed by atoms with E-state index in [4.69, 9.17) is 9.84 Å². The van der Waals surface area contributed by atoms with Crippen molar-refractivity contribution in [2.45, 2.75) is 26.7 Å². The Labute approximate surface area is 94.5 Å². The van der Waals surface area contributed by atoms with Crippen LogP contribution < -0.4 is 4.74 Å². The van der Waals surface area contributed by atoms with Crippen LogP contribution >= 0.6 is 0 Å². The van der Waals surface area contributed by atoms with Crippen LogP contribution in [0.5, 0.6) is 11.5 Å². The van der Waals surface area contributed by atoms with Crippen LogP contribution in [0, 0.1) is 13.8 Å². The number of phenols is 1. The molecule has 1 atom stereocenters. The maximum atomic E-state index is 11.0. The fourth-order valence-electron chi connectivity index (χ4n) is 1.70. The van der Waals surface area contributed by atoms with Gasteiger partial charge in [0.2, 0.25) is 0 Å². The van der Waals surface area contributed by atoms with Gasteiger partial charge in [-0.1, -0.05) is 0 Å². The minimum atomic E-state index is -0.967. The first-order chi connectivity index (χ1) is 7.40. The van der Waals surface area contributed by atoms with E-state index in [0.29, 0.717) is 11.3 Å². The summed E-state index contributed by atoms with van der Waals surface area (Å²) in [6, 6.07) is 1.70. The Hall–Kier alpha value is -1.71. The van der Waals surface area contributed by atoms with Crippen LogP contribution in [-0.2, 0) is 4.79 Å². The first kappa shape index (κ1) is 12.4. The summed E-state index contributed by atoms with van der Waals surface area (Å²) in [5.41, 5.74) is 2.11. The summed E-state index contributed by atoms with van der Waals surface area (Å²) in [5.74, 6) is -1.49. The van der Waals surface area contributed by atoms with E-state index in [-0.39, 0.29) is 5.75 Å². The molecular weight excluding hydrogens is 208 g/mol. The Kier molecular flexibility index (Phi) is 3.42. The van der Waals surface area contributed by atoms with Crippen molar-refractivity contribution in [2.75, 3.05) is 7.11 Å². The lowest BCUT2D eigenvalue weighted by molar-refractivity contribution is -0.138. The first-order valence-corrected chi connectivity index (χ1v) is 5.00. The van der Waals surface area contributed by atoms with Crippen molar-refractivity contribution in [1.82, 2.24) is 0 Å². The predicted octanol–water partition coefficient (Wildman–Crippen LogP) is 2.21. The van der Waals surface area contributed by atoms with E-state index >= 15 is 0 Å². The average Bonchev–Trinajstić information content (AvgIpc) is 2.23. The molecule has 4 nitrogen and oxygen atoms in total. The Morgan fingerprint density at radius 2 is 2.00 bits per heavy atom. The fourth-order valence-corrected chi connectivity index (χ4v) is 1.70. The molecule has 0 aliphatic carbocycles. The zero-order chi connectivity index (χ0) is 12.5. The Morgan fingerprint density at radius 3 is 2.44 bits per heavy atom. The second-order valence-corrected chi connectivity index (χ2v) is 3.84. The summed E-state index contributed by atoms with van der Waals surface area (Å²) in [4.78, 5) is 11.0. The van der Waals surface area contributed by atoms with E-state index < -0.39 is 11.9 Å². The number of carboxylic acids is 1. The summed E-state index contributed by atoms with van der Waals surface area (Å²) >= 11 is 0. The number of methoxy groups -OCH3 is 1. The summed E-state index contributed by atoms with van der Waals surface area (Å²) in [5, 5.41) is 18.9. The molecule has 88 valence electrons. The third-order valence-corrected chi connectivity index (χ3v) is 2.85. The molecule has 16 heavy (non-hydrogen) atoms. The average molecular weight is 224 g/mol. The lowest BCUT2D eigenvalue weighted by atomic mass is 9.92. The second kappa shape index (κ2) is 4.43. The van der Waals surface area contributed by atoms with Crippen molar-refractivity contribution >= 4 is 5.97 Å². The Bertz CT molecular complexity index is 424. The van der Waals surface area contributed by atoms with E-state index in [1.165, 1.54) is 7.11 Å². The lowest BCUT2D eigenvalue weighted by Gasteiger charge is -2.17. The summed E-state index contributed by atoms with van der Waals surface area (Å²) in [6.07, 6.45) is 0. The largest absolute Gasteiger partial charge is 0.504 e. The van der Waals surface area contributed by atoms with Gasteiger partial charge in [0.25, 0.3) is 0 Å². The van der Waals surface area contributed by atoms with E-state index in [2.05, 4.69) is 0 Å². The van der Waals surface area contributed by atoms with Gasteiger partial charge in [0.1, 0.15) is 0 Å². The molecule has 0 saturated carbocycles. The van der Waals surface area contributed by atoms with Gasteiger partial charge in [0.05, 0.1) is 13.0 Å². The highest BCUT2D eigenvalue weighted by Gasteiger charge is 2.23. The van der Waals surface area contributed by atoms with Gasteiger partial charge in [0, 0.05) is 5.56 Å². The fraction of sp³-hybridized carbons (Fsp3) is 0.417. The molecule has 0 aromatic heterocycles. The molecule has 0 saturated heterocycles. The summed E-state index contributed by atoms with van der Waals surface area (Å²) in [7, 11) is 1.44. The van der Waals surface area contributed by atoms with Gasteiger partial charge in [-0.05, 0) is 38.0 Å². The van der Waals surface area contributed by atoms with Crippen LogP contribution in [0.4, 0.5) is 0 Å². The number of carboxylic acid groups (broad SMARTS) is 1. The van der Waals surface area contributed by atoms with Gasteiger partial charge >= 0.3 is 5.97 Å². The first-order valence-electron chi connectivity index (χ1n) is 5.00. The smallest absolute Gasteiger partial charge is 0.310 e. The molecule has 0 radical (unpaired) electrons. The van der Waals surface area contributed by atoms with E-state index in [0.717, 1.165) is 11.1 Å². The normalized spacial score (nSPS) is 12.2. The molecule has 0 heterocycles. The van der Waals surface area contributed by atoms with E-state index in [1.807, 2.05) is 6.92 Å². The second-order valence-electron chi connectivity index (χ2n) is 3.84. The molecule has 0 aliphatic heterocycles. The molecule has 2 N–H and O–H groups in total. The summed E-state index contributed by atoms with van der Waals surface area (Å²) in [6.45, 7) is 5.20. The number of aromatic hydroxyl groups is 1. The van der Waals surface area contributed by atoms with Crippen molar-refractivity contribution in [3.05, 3.63) is 22.8 Å². The molecule has 0 fully saturated rings. The van der Waals surface area contributed by atoms with Crippen molar-refractivity contribution in [3.8, 4) is 11.5 Å². The molecule has 0 amide bonds. The topological polar surface area (TPSA) is 66.8 Å². The Balaban J connectivity index is 3.47. The molecule has 1 aromatic rings. The number of hydrogen-bond donors (Lipinski definition) is 2. The van der Waals surface area contributed by atoms with Crippen LogP contribution in [-0.4, -0.2) is 23.3 Å². The molecule has 1 unspecified atom stereocenters. The predicted molar refractivity (Wildman–Crippen MR) is 60.2 cm³/mol. The number of carbonyl (C=O) groups is 1. The standard InChI is InChI=1S/C12H16O4/c1-6-5-9(16-4)11(13)10(7(6)2)8(3)12(14)15/h5,8,13H,1-4H3,(H,14,15). The molecule has 0 bridgehead atoms. The highest BCUT2D eigenvalue weighted by atomic mass is 16.5. The molecule has 0 aliphatic rings. The van der Waals surface area contributed by atoms with Gasteiger partial charge in [-0.25, -0.2) is 0 Å². The van der Waals surface area contributed by atoms with Crippen molar-refractivity contribution in [1.29, 1.82) is 0 Å². The number of aliphatic carboxylic acids is 1. The SMILES string of the molecule is COc1cc(C)c(C)c(C(C)C(=O)O)c1O. The Morgan fingerprint density at radius 1 is 1.44 bits per heavy atom. The van der Waals surface area contributed by atoms with Crippen LogP contribution in [0.25, 0.3) is 0 Å². The van der Waals surface area contributed by atoms with Crippen LogP contribution in [0.15, 0.2) is 6.07 Å². The zero-order valence-corrected chi connectivity index (χ0v) is 9.87. The van der Waals surface area contributed by atoms with Gasteiger partial charge < -0.3 is 14.9 Å². The molecular formula is C12H16O4. The van der Waals surface area contributed by atoms with Crippen LogP contribution in [0.1, 0.15) is 29.5 Å². The molecule has 1 rings (SSSR count). The van der Waals surface area contributed by atoms with E-state index in [9.17, 15) is 9.90 Å². The third kappa shape index (κ3) is 1.96. The van der Waals surface area contributed by atoms with Crippen LogP contribution in [0.2, 0.25) is 0 Å². The van der Waals surface area contributed by atoms with Gasteiger partial charge in [-0.3, -0.25) is 4.79 Å². The molecule has 1 aromatic carbocycles. The number of phenolic OH excluding ortho intramolecular Hbond substituents is 1. The highest BCUT2D eigenvalue weighted by molar-refractivity contribution is 5.78. The van der Waals surface area contributed by atoms with Crippen molar-refractivity contribution in [2.24, 2.45) is 0 Å². The maximum Gasteiger partial charge on any atom is 0.310 e. The molecule has 0 spiro atoms. The molecule has 4 heteroatoms. The van der Waals surface area contributed by atoms with Gasteiger partial charge in [0.15, 0.2) is 11.5 Å². The van der Waals surface area contributed by atoms with Crippen molar-refractivity contribution < 1.29 is 19.7 Å². The summed E-state index contributed by atoms with van der Waals surface area (Å²) < 4.78 is 5.01. The maximum absolute atomic E-state index is 11.0.